The fraction of sp³-hybridized carbons (Fsp3) is 0.400. The maximum Gasteiger partial charge on any atom is 0.115 e. The Morgan fingerprint density at radius 2 is 1.00 bits per heavy atom. The SMILES string of the molecule is CC(C)[C@@H](c1cccc(O)c1)[C@@H](c1cccc(O)c1)C(C)C. The van der Waals surface area contributed by atoms with Crippen LogP contribution in [-0.4, -0.2) is 10.2 Å². The molecule has 2 nitrogen and oxygen atoms in total. The van der Waals surface area contributed by atoms with E-state index in [4.69, 9.17) is 0 Å². The van der Waals surface area contributed by atoms with E-state index in [1.165, 1.54) is 0 Å². The summed E-state index contributed by atoms with van der Waals surface area (Å²) in [5.74, 6) is 2.04. The Bertz CT molecular complexity index is 561. The summed E-state index contributed by atoms with van der Waals surface area (Å²) >= 11 is 0. The molecule has 0 saturated heterocycles. The second-order valence-corrected chi connectivity index (χ2v) is 6.73. The largest absolute Gasteiger partial charge is 0.508 e. The summed E-state index contributed by atoms with van der Waals surface area (Å²) in [6.07, 6.45) is 0. The lowest BCUT2D eigenvalue weighted by Crippen LogP contribution is -2.21. The smallest absolute Gasteiger partial charge is 0.115 e. The second-order valence-electron chi connectivity index (χ2n) is 6.73. The van der Waals surface area contributed by atoms with Crippen LogP contribution in [0.2, 0.25) is 0 Å². The van der Waals surface area contributed by atoms with E-state index in [2.05, 4.69) is 39.8 Å². The quantitative estimate of drug-likeness (QED) is 0.788. The van der Waals surface area contributed by atoms with Crippen molar-refractivity contribution >= 4 is 0 Å². The molecule has 0 aromatic heterocycles. The molecule has 2 rings (SSSR count). The van der Waals surface area contributed by atoms with Crippen LogP contribution in [0.25, 0.3) is 0 Å². The highest BCUT2D eigenvalue weighted by molar-refractivity contribution is 5.36. The maximum atomic E-state index is 9.84. The van der Waals surface area contributed by atoms with Crippen molar-refractivity contribution in [2.75, 3.05) is 0 Å². The molecule has 2 aromatic carbocycles. The zero-order chi connectivity index (χ0) is 16.3. The third kappa shape index (κ3) is 3.62. The lowest BCUT2D eigenvalue weighted by atomic mass is 9.70. The summed E-state index contributed by atoms with van der Waals surface area (Å²) in [4.78, 5) is 0. The van der Waals surface area contributed by atoms with Gasteiger partial charge in [-0.1, -0.05) is 52.0 Å². The summed E-state index contributed by atoms with van der Waals surface area (Å²) in [5, 5.41) is 19.7. The first-order valence-electron chi connectivity index (χ1n) is 7.98. The van der Waals surface area contributed by atoms with Gasteiger partial charge >= 0.3 is 0 Å². The van der Waals surface area contributed by atoms with Crippen LogP contribution in [0.15, 0.2) is 48.5 Å². The Labute approximate surface area is 133 Å². The Hall–Kier alpha value is -1.96. The molecule has 0 aliphatic heterocycles. The van der Waals surface area contributed by atoms with Gasteiger partial charge in [-0.2, -0.15) is 0 Å². The molecule has 0 saturated carbocycles. The standard InChI is InChI=1S/C20H26O2/c1-13(2)19(15-7-5-9-17(21)11-15)20(14(3)4)16-8-6-10-18(22)12-16/h5-14,19-22H,1-4H3/t19-,20+. The van der Waals surface area contributed by atoms with E-state index in [9.17, 15) is 10.2 Å². The molecule has 0 spiro atoms. The average molecular weight is 298 g/mol. The highest BCUT2D eigenvalue weighted by atomic mass is 16.3. The van der Waals surface area contributed by atoms with Gasteiger partial charge in [0.25, 0.3) is 0 Å². The monoisotopic (exact) mass is 298 g/mol. The van der Waals surface area contributed by atoms with Gasteiger partial charge < -0.3 is 10.2 Å². The summed E-state index contributed by atoms with van der Waals surface area (Å²) in [6.45, 7) is 8.86. The molecule has 118 valence electrons. The molecule has 0 radical (unpaired) electrons. The lowest BCUT2D eigenvalue weighted by molar-refractivity contribution is 0.345. The van der Waals surface area contributed by atoms with Crippen LogP contribution in [0.1, 0.15) is 50.7 Å². The van der Waals surface area contributed by atoms with Gasteiger partial charge in [-0.15, -0.1) is 0 Å². The summed E-state index contributed by atoms with van der Waals surface area (Å²) in [6, 6.07) is 15.1. The summed E-state index contributed by atoms with van der Waals surface area (Å²) in [5.41, 5.74) is 2.30. The molecule has 0 unspecified atom stereocenters. The molecule has 0 aliphatic carbocycles. The van der Waals surface area contributed by atoms with Crippen LogP contribution in [0.5, 0.6) is 11.5 Å². The van der Waals surface area contributed by atoms with Crippen molar-refractivity contribution < 1.29 is 10.2 Å². The molecule has 0 amide bonds. The van der Waals surface area contributed by atoms with Gasteiger partial charge in [-0.05, 0) is 59.1 Å². The van der Waals surface area contributed by atoms with Crippen LogP contribution in [0, 0.1) is 11.8 Å². The van der Waals surface area contributed by atoms with Gasteiger partial charge in [-0.3, -0.25) is 0 Å². The van der Waals surface area contributed by atoms with Crippen LogP contribution in [0.4, 0.5) is 0 Å². The zero-order valence-corrected chi connectivity index (χ0v) is 13.8. The molecule has 0 aliphatic rings. The summed E-state index contributed by atoms with van der Waals surface area (Å²) in [7, 11) is 0. The predicted octanol–water partition coefficient (Wildman–Crippen LogP) is 5.28. The molecular formula is C20H26O2. The Morgan fingerprint density at radius 3 is 1.27 bits per heavy atom. The number of benzene rings is 2. The van der Waals surface area contributed by atoms with E-state index in [0.29, 0.717) is 23.3 Å². The maximum absolute atomic E-state index is 9.84. The minimum absolute atomic E-state index is 0.286. The van der Waals surface area contributed by atoms with E-state index in [-0.39, 0.29) is 11.8 Å². The van der Waals surface area contributed by atoms with Crippen molar-refractivity contribution in [3.8, 4) is 11.5 Å². The Kier molecular flexibility index (Phi) is 5.12. The van der Waals surface area contributed by atoms with Crippen molar-refractivity contribution in [1.82, 2.24) is 0 Å². The van der Waals surface area contributed by atoms with Gasteiger partial charge in [0.1, 0.15) is 11.5 Å². The first kappa shape index (κ1) is 16.4. The molecule has 2 heteroatoms. The fourth-order valence-electron chi connectivity index (χ4n) is 3.48. The predicted molar refractivity (Wildman–Crippen MR) is 91.4 cm³/mol. The second kappa shape index (κ2) is 6.87. The zero-order valence-electron chi connectivity index (χ0n) is 13.8. The first-order chi connectivity index (χ1) is 10.4. The number of hydrogen-bond acceptors (Lipinski definition) is 2. The number of aromatic hydroxyl groups is 2. The van der Waals surface area contributed by atoms with Crippen LogP contribution in [-0.2, 0) is 0 Å². The van der Waals surface area contributed by atoms with Gasteiger partial charge in [0.05, 0.1) is 0 Å². The molecule has 2 aromatic rings. The highest BCUT2D eigenvalue weighted by Gasteiger charge is 2.30. The van der Waals surface area contributed by atoms with Crippen molar-refractivity contribution in [2.24, 2.45) is 11.8 Å². The van der Waals surface area contributed by atoms with Crippen molar-refractivity contribution in [3.05, 3.63) is 59.7 Å². The topological polar surface area (TPSA) is 40.5 Å². The number of phenols is 2. The molecule has 2 N–H and O–H groups in total. The first-order valence-corrected chi connectivity index (χ1v) is 7.98. The Morgan fingerprint density at radius 1 is 0.636 bits per heavy atom. The molecular weight excluding hydrogens is 272 g/mol. The van der Waals surface area contributed by atoms with Gasteiger partial charge in [0, 0.05) is 0 Å². The van der Waals surface area contributed by atoms with Gasteiger partial charge in [0.2, 0.25) is 0 Å². The molecule has 0 fully saturated rings. The third-order valence-corrected chi connectivity index (χ3v) is 4.33. The fourth-order valence-corrected chi connectivity index (χ4v) is 3.48. The molecule has 0 heterocycles. The normalized spacial score (nSPS) is 14.3. The third-order valence-electron chi connectivity index (χ3n) is 4.33. The van der Waals surface area contributed by atoms with Crippen LogP contribution < -0.4 is 0 Å². The van der Waals surface area contributed by atoms with Crippen molar-refractivity contribution in [3.63, 3.8) is 0 Å². The lowest BCUT2D eigenvalue weighted by Gasteiger charge is -2.34. The van der Waals surface area contributed by atoms with Crippen LogP contribution in [0.3, 0.4) is 0 Å². The van der Waals surface area contributed by atoms with E-state index in [0.717, 1.165) is 11.1 Å². The number of phenolic OH excluding ortho intramolecular Hbond substituents is 2. The van der Waals surface area contributed by atoms with E-state index < -0.39 is 0 Å². The van der Waals surface area contributed by atoms with Crippen LogP contribution >= 0.6 is 0 Å². The minimum Gasteiger partial charge on any atom is -0.508 e. The Balaban J connectivity index is 2.51. The van der Waals surface area contributed by atoms with Crippen molar-refractivity contribution in [2.45, 2.75) is 39.5 Å². The molecule has 22 heavy (non-hydrogen) atoms. The molecule has 2 atom stereocenters. The minimum atomic E-state index is 0.286. The van der Waals surface area contributed by atoms with Gasteiger partial charge in [0.15, 0.2) is 0 Å². The van der Waals surface area contributed by atoms with Gasteiger partial charge in [-0.25, -0.2) is 0 Å². The number of hydrogen-bond donors (Lipinski definition) is 2. The van der Waals surface area contributed by atoms with Crippen molar-refractivity contribution in [1.29, 1.82) is 0 Å². The molecule has 0 bridgehead atoms. The highest BCUT2D eigenvalue weighted by Crippen LogP contribution is 2.44. The summed E-state index contributed by atoms with van der Waals surface area (Å²) < 4.78 is 0. The van der Waals surface area contributed by atoms with E-state index >= 15 is 0 Å². The number of rotatable bonds is 5. The average Bonchev–Trinajstić information content (AvgIpc) is 2.43. The van der Waals surface area contributed by atoms with E-state index in [1.54, 1.807) is 12.1 Å². The van der Waals surface area contributed by atoms with E-state index in [1.807, 2.05) is 24.3 Å².